The van der Waals surface area contributed by atoms with Crippen molar-refractivity contribution in [2.75, 3.05) is 0 Å². The van der Waals surface area contributed by atoms with E-state index in [1.54, 1.807) is 0 Å². The summed E-state index contributed by atoms with van der Waals surface area (Å²) in [6, 6.07) is 4.09. The molecule has 0 aromatic heterocycles. The van der Waals surface area contributed by atoms with Crippen LogP contribution in [-0.2, 0) is 22.7 Å². The average Bonchev–Trinajstić information content (AvgIpc) is 2.50. The van der Waals surface area contributed by atoms with Crippen molar-refractivity contribution in [2.45, 2.75) is 24.0 Å². The number of ether oxygens (including phenoxy) is 1. The van der Waals surface area contributed by atoms with Crippen LogP contribution < -0.4 is 9.46 Å². The van der Waals surface area contributed by atoms with Gasteiger partial charge in [-0.2, -0.15) is 13.2 Å². The average molecular weight is 496 g/mol. The van der Waals surface area contributed by atoms with Crippen molar-refractivity contribution in [2.24, 2.45) is 0 Å². The van der Waals surface area contributed by atoms with E-state index in [1.165, 1.54) is 0 Å². The molecule has 28 heavy (non-hydrogen) atoms. The van der Waals surface area contributed by atoms with Gasteiger partial charge in [0, 0.05) is 11.0 Å². The van der Waals surface area contributed by atoms with E-state index in [4.69, 9.17) is 0 Å². The van der Waals surface area contributed by atoms with Gasteiger partial charge < -0.3 is 4.74 Å². The summed E-state index contributed by atoms with van der Waals surface area (Å²) in [6.07, 6.45) is -10.1. The topological polar surface area (TPSA) is 55.4 Å². The molecule has 2 rings (SSSR count). The number of hydrogen-bond donors (Lipinski definition) is 1. The Morgan fingerprint density at radius 3 is 2.21 bits per heavy atom. The Balaban J connectivity index is 2.32. The molecule has 0 heterocycles. The summed E-state index contributed by atoms with van der Waals surface area (Å²) < 4.78 is 119. The molecule has 0 aliphatic carbocycles. The third-order valence-electron chi connectivity index (χ3n) is 3.17. The van der Waals surface area contributed by atoms with Crippen LogP contribution >= 0.6 is 15.9 Å². The van der Waals surface area contributed by atoms with Gasteiger partial charge >= 0.3 is 12.5 Å². The first-order valence-electron chi connectivity index (χ1n) is 7.09. The van der Waals surface area contributed by atoms with Crippen molar-refractivity contribution in [1.82, 2.24) is 4.72 Å². The Bertz CT molecular complexity index is 975. The van der Waals surface area contributed by atoms with Gasteiger partial charge in [0.2, 0.25) is 10.0 Å². The molecule has 2 aromatic carbocycles. The molecule has 2 aromatic rings. The lowest BCUT2D eigenvalue weighted by Gasteiger charge is -2.15. The maximum absolute atomic E-state index is 13.4. The van der Waals surface area contributed by atoms with Crippen LogP contribution in [0.1, 0.15) is 11.1 Å². The van der Waals surface area contributed by atoms with Gasteiger partial charge in [-0.1, -0.05) is 15.9 Å². The van der Waals surface area contributed by atoms with Gasteiger partial charge in [0.25, 0.3) is 0 Å². The highest BCUT2D eigenvalue weighted by Gasteiger charge is 2.34. The van der Waals surface area contributed by atoms with E-state index in [0.29, 0.717) is 12.1 Å². The van der Waals surface area contributed by atoms with E-state index in [-0.39, 0.29) is 16.1 Å². The molecule has 1 N–H and O–H groups in total. The number of hydrogen-bond acceptors (Lipinski definition) is 3. The largest absolute Gasteiger partial charge is 0.573 e. The van der Waals surface area contributed by atoms with Gasteiger partial charge in [0.1, 0.15) is 10.7 Å². The maximum Gasteiger partial charge on any atom is 0.573 e. The summed E-state index contributed by atoms with van der Waals surface area (Å²) in [4.78, 5) is -0.902. The van der Waals surface area contributed by atoms with Crippen molar-refractivity contribution < 1.29 is 43.9 Å². The molecule has 0 saturated carbocycles. The summed E-state index contributed by atoms with van der Waals surface area (Å²) >= 11 is 2.87. The van der Waals surface area contributed by atoms with Crippen molar-refractivity contribution in [1.29, 1.82) is 0 Å². The Labute approximate surface area is 162 Å². The molecular weight excluding hydrogens is 487 g/mol. The highest BCUT2D eigenvalue weighted by Crippen LogP contribution is 2.33. The highest BCUT2D eigenvalue weighted by atomic mass is 79.9. The Morgan fingerprint density at radius 1 is 1.00 bits per heavy atom. The molecule has 0 radical (unpaired) electrons. The fourth-order valence-electron chi connectivity index (χ4n) is 2.08. The lowest BCUT2D eigenvalue weighted by atomic mass is 10.1. The minimum absolute atomic E-state index is 0.0886. The monoisotopic (exact) mass is 495 g/mol. The first kappa shape index (κ1) is 22.4. The molecule has 4 nitrogen and oxygen atoms in total. The van der Waals surface area contributed by atoms with Gasteiger partial charge in [0.15, 0.2) is 5.75 Å². The number of benzene rings is 2. The second kappa shape index (κ2) is 7.87. The fourth-order valence-corrected chi connectivity index (χ4v) is 3.55. The van der Waals surface area contributed by atoms with Crippen LogP contribution in [0.4, 0.5) is 30.7 Å². The molecule has 0 spiro atoms. The van der Waals surface area contributed by atoms with Crippen LogP contribution in [0.3, 0.4) is 0 Å². The lowest BCUT2D eigenvalue weighted by molar-refractivity contribution is -0.275. The number of sulfonamides is 1. The number of alkyl halides is 6. The lowest BCUT2D eigenvalue weighted by Crippen LogP contribution is -2.26. The quantitative estimate of drug-likeness (QED) is 0.595. The molecule has 13 heteroatoms. The van der Waals surface area contributed by atoms with Crippen LogP contribution in [0.25, 0.3) is 0 Å². The third kappa shape index (κ3) is 6.07. The first-order valence-corrected chi connectivity index (χ1v) is 9.37. The molecule has 0 amide bonds. The zero-order chi connectivity index (χ0) is 21.3. The second-order valence-corrected chi connectivity index (χ2v) is 7.96. The van der Waals surface area contributed by atoms with E-state index in [1.807, 2.05) is 4.72 Å². The number of halogens is 8. The smallest absolute Gasteiger partial charge is 0.404 e. The van der Waals surface area contributed by atoms with Crippen molar-refractivity contribution in [3.05, 3.63) is 57.8 Å². The molecule has 0 fully saturated rings. The molecule has 0 saturated heterocycles. The number of nitrogens with one attached hydrogen (secondary N) is 1. The standard InChI is InChI=1S/C15H9BrF7NO3S/c16-10-1-2-13(12(6-10)27-15(21,22)23)28(25,26)24-7-8-3-9(14(18,19)20)5-11(17)4-8/h1-6,24H,7H2. The second-order valence-electron chi connectivity index (χ2n) is 5.31. The van der Waals surface area contributed by atoms with E-state index in [0.717, 1.165) is 18.2 Å². The SMILES string of the molecule is O=S(=O)(NCc1cc(F)cc(C(F)(F)F)c1)c1ccc(Br)cc1OC(F)(F)F. The summed E-state index contributed by atoms with van der Waals surface area (Å²) in [5, 5.41) is 0. The van der Waals surface area contributed by atoms with Crippen LogP contribution in [0.2, 0.25) is 0 Å². The zero-order valence-electron chi connectivity index (χ0n) is 13.3. The summed E-state index contributed by atoms with van der Waals surface area (Å²) in [5.41, 5.74) is -1.72. The van der Waals surface area contributed by atoms with Crippen molar-refractivity contribution >= 4 is 26.0 Å². The molecule has 0 bridgehead atoms. The molecule has 0 aliphatic rings. The van der Waals surface area contributed by atoms with Crippen LogP contribution in [0.5, 0.6) is 5.75 Å². The summed E-state index contributed by atoms with van der Waals surface area (Å²) in [5.74, 6) is -2.31. The predicted octanol–water partition coefficient (Wildman–Crippen LogP) is 4.98. The molecule has 0 aliphatic heterocycles. The molecule has 0 atom stereocenters. The zero-order valence-corrected chi connectivity index (χ0v) is 15.7. The first-order chi connectivity index (χ1) is 12.7. The van der Waals surface area contributed by atoms with Crippen LogP contribution in [-0.4, -0.2) is 14.8 Å². The minimum atomic E-state index is -5.19. The van der Waals surface area contributed by atoms with E-state index in [9.17, 15) is 39.2 Å². The van der Waals surface area contributed by atoms with Gasteiger partial charge in [-0.25, -0.2) is 17.5 Å². The maximum atomic E-state index is 13.4. The summed E-state index contributed by atoms with van der Waals surface area (Å²) in [7, 11) is -4.64. The predicted molar refractivity (Wildman–Crippen MR) is 86.3 cm³/mol. The van der Waals surface area contributed by atoms with Gasteiger partial charge in [-0.15, -0.1) is 13.2 Å². The van der Waals surface area contributed by atoms with Gasteiger partial charge in [0.05, 0.1) is 5.56 Å². The summed E-state index contributed by atoms with van der Waals surface area (Å²) in [6.45, 7) is -0.801. The molecule has 154 valence electrons. The Morgan fingerprint density at radius 2 is 1.64 bits per heavy atom. The van der Waals surface area contributed by atoms with Crippen LogP contribution in [0.15, 0.2) is 45.8 Å². The van der Waals surface area contributed by atoms with E-state index >= 15 is 0 Å². The van der Waals surface area contributed by atoms with Crippen LogP contribution in [0, 0.1) is 5.82 Å². The fraction of sp³-hybridized carbons (Fsp3) is 0.200. The third-order valence-corrected chi connectivity index (χ3v) is 5.11. The normalized spacial score (nSPS) is 12.9. The Hall–Kier alpha value is -1.86. The van der Waals surface area contributed by atoms with Gasteiger partial charge in [-0.05, 0) is 42.0 Å². The van der Waals surface area contributed by atoms with Crippen molar-refractivity contribution in [3.8, 4) is 5.75 Å². The van der Waals surface area contributed by atoms with Gasteiger partial charge in [-0.3, -0.25) is 0 Å². The minimum Gasteiger partial charge on any atom is -0.404 e. The number of rotatable bonds is 5. The highest BCUT2D eigenvalue weighted by molar-refractivity contribution is 9.10. The Kier molecular flexibility index (Phi) is 6.31. The molecule has 0 unspecified atom stereocenters. The van der Waals surface area contributed by atoms with E-state index in [2.05, 4.69) is 20.7 Å². The van der Waals surface area contributed by atoms with Crippen molar-refractivity contribution in [3.63, 3.8) is 0 Å². The van der Waals surface area contributed by atoms with E-state index < -0.39 is 51.1 Å². The molecular formula is C15H9BrF7NO3S.